The maximum absolute atomic E-state index is 12.3. The van der Waals surface area contributed by atoms with Crippen LogP contribution in [0.2, 0.25) is 0 Å². The third kappa shape index (κ3) is 13.3. The van der Waals surface area contributed by atoms with Crippen LogP contribution < -0.4 is 9.47 Å². The van der Waals surface area contributed by atoms with Crippen molar-refractivity contribution in [3.63, 3.8) is 0 Å². The van der Waals surface area contributed by atoms with Crippen molar-refractivity contribution in [2.24, 2.45) is 0 Å². The van der Waals surface area contributed by atoms with E-state index in [2.05, 4.69) is 69.3 Å². The minimum atomic E-state index is -0.266. The van der Waals surface area contributed by atoms with Crippen LogP contribution in [0.3, 0.4) is 0 Å². The van der Waals surface area contributed by atoms with Crippen LogP contribution >= 0.6 is 0 Å². The maximum atomic E-state index is 12.3. The highest BCUT2D eigenvalue weighted by Crippen LogP contribution is 2.25. The first kappa shape index (κ1) is 34.2. The van der Waals surface area contributed by atoms with Crippen molar-refractivity contribution in [3.8, 4) is 22.6 Å². The van der Waals surface area contributed by atoms with E-state index in [1.807, 2.05) is 31.2 Å². The molecule has 0 saturated carbocycles. The highest BCUT2D eigenvalue weighted by Gasteiger charge is 2.12. The van der Waals surface area contributed by atoms with Gasteiger partial charge in [-0.3, -0.25) is 4.79 Å². The van der Waals surface area contributed by atoms with Gasteiger partial charge in [0.2, 0.25) is 0 Å². The Morgan fingerprint density at radius 2 is 1.16 bits per heavy atom. The molecule has 234 valence electrons. The van der Waals surface area contributed by atoms with E-state index in [1.165, 1.54) is 68.9 Å². The van der Waals surface area contributed by atoms with Crippen LogP contribution in [0.4, 0.5) is 0 Å². The van der Waals surface area contributed by atoms with Gasteiger partial charge in [0.15, 0.2) is 0 Å². The van der Waals surface area contributed by atoms with E-state index in [-0.39, 0.29) is 18.2 Å². The number of ether oxygens (including phenoxy) is 3. The summed E-state index contributed by atoms with van der Waals surface area (Å²) >= 11 is 0. The minimum Gasteiger partial charge on any atom is -0.491 e. The molecule has 0 aliphatic heterocycles. The molecule has 0 saturated heterocycles. The monoisotopic (exact) mass is 586 g/mol. The number of benzene rings is 3. The van der Waals surface area contributed by atoms with Gasteiger partial charge in [0.1, 0.15) is 24.2 Å². The molecule has 0 bridgehead atoms. The van der Waals surface area contributed by atoms with Crippen molar-refractivity contribution in [1.82, 2.24) is 0 Å². The quantitative estimate of drug-likeness (QED) is 0.0920. The molecule has 0 fully saturated rings. The Balaban J connectivity index is 1.38. The normalized spacial score (nSPS) is 12.5. The predicted octanol–water partition coefficient (Wildman–Crippen LogP) is 11.4. The lowest BCUT2D eigenvalue weighted by Crippen LogP contribution is -2.11. The number of carbonyl (C=O) groups excluding carboxylic acids is 1. The van der Waals surface area contributed by atoms with Crippen LogP contribution in [-0.2, 0) is 16.1 Å². The average molecular weight is 587 g/mol. The Bertz CT molecular complexity index is 1150. The zero-order valence-electron chi connectivity index (χ0n) is 27.1. The molecule has 3 aromatic rings. The van der Waals surface area contributed by atoms with Crippen LogP contribution in [0.5, 0.6) is 11.5 Å². The van der Waals surface area contributed by atoms with E-state index in [0.717, 1.165) is 41.9 Å². The van der Waals surface area contributed by atoms with Crippen molar-refractivity contribution in [2.45, 2.75) is 130 Å². The summed E-state index contributed by atoms with van der Waals surface area (Å²) < 4.78 is 17.8. The third-order valence-corrected chi connectivity index (χ3v) is 7.99. The van der Waals surface area contributed by atoms with Gasteiger partial charge >= 0.3 is 5.97 Å². The molecular formula is C39H54O4. The SMILES string of the molecule is CCCCCCCCCC(=O)OC(C)c1ccc(OCc2ccc(-c3ccc(OC(C)CCCCCC)cc3)cc2)cc1. The van der Waals surface area contributed by atoms with Crippen molar-refractivity contribution in [2.75, 3.05) is 0 Å². The van der Waals surface area contributed by atoms with E-state index < -0.39 is 0 Å². The Hall–Kier alpha value is -3.27. The maximum Gasteiger partial charge on any atom is 0.306 e. The number of hydrogen-bond donors (Lipinski definition) is 0. The smallest absolute Gasteiger partial charge is 0.306 e. The molecule has 0 amide bonds. The average Bonchev–Trinajstić information content (AvgIpc) is 3.02. The Morgan fingerprint density at radius 3 is 1.79 bits per heavy atom. The number of hydrogen-bond acceptors (Lipinski definition) is 4. The van der Waals surface area contributed by atoms with E-state index in [0.29, 0.717) is 13.0 Å². The molecule has 2 unspecified atom stereocenters. The molecule has 3 aromatic carbocycles. The lowest BCUT2D eigenvalue weighted by Gasteiger charge is -2.15. The molecule has 4 nitrogen and oxygen atoms in total. The number of esters is 1. The summed E-state index contributed by atoms with van der Waals surface area (Å²) in [6.45, 7) is 9.05. The molecule has 0 heterocycles. The van der Waals surface area contributed by atoms with Gasteiger partial charge in [-0.05, 0) is 79.6 Å². The number of carbonyl (C=O) groups is 1. The standard InChI is InChI=1S/C39H54O4/c1-5-7-9-11-12-13-15-17-39(40)43-32(4)34-22-26-37(27-23-34)41-30-33-18-20-35(21-19-33)36-24-28-38(29-25-36)42-31(3)16-14-10-8-6-2/h18-29,31-32H,5-17,30H2,1-4H3. The highest BCUT2D eigenvalue weighted by molar-refractivity contribution is 5.69. The summed E-state index contributed by atoms with van der Waals surface area (Å²) in [7, 11) is 0. The fourth-order valence-corrected chi connectivity index (χ4v) is 5.22. The first-order valence-corrected chi connectivity index (χ1v) is 16.8. The second-order valence-corrected chi connectivity index (χ2v) is 11.9. The van der Waals surface area contributed by atoms with Crippen molar-refractivity contribution in [1.29, 1.82) is 0 Å². The van der Waals surface area contributed by atoms with Gasteiger partial charge in [-0.15, -0.1) is 0 Å². The number of rotatable bonds is 21. The topological polar surface area (TPSA) is 44.8 Å². The van der Waals surface area contributed by atoms with Crippen LogP contribution in [-0.4, -0.2) is 12.1 Å². The summed E-state index contributed by atoms with van der Waals surface area (Å²) in [5.74, 6) is 1.61. The van der Waals surface area contributed by atoms with Gasteiger partial charge in [-0.25, -0.2) is 0 Å². The van der Waals surface area contributed by atoms with Crippen molar-refractivity contribution < 1.29 is 19.0 Å². The lowest BCUT2D eigenvalue weighted by molar-refractivity contribution is -0.148. The number of unbranched alkanes of at least 4 members (excludes halogenated alkanes) is 9. The molecule has 0 aromatic heterocycles. The van der Waals surface area contributed by atoms with Gasteiger partial charge in [-0.1, -0.05) is 120 Å². The van der Waals surface area contributed by atoms with E-state index in [9.17, 15) is 4.79 Å². The molecule has 4 heteroatoms. The van der Waals surface area contributed by atoms with Crippen molar-refractivity contribution >= 4 is 5.97 Å². The Labute approximate surface area is 261 Å². The molecule has 0 N–H and O–H groups in total. The molecule has 0 radical (unpaired) electrons. The van der Waals surface area contributed by atoms with Crippen LogP contribution in [0.25, 0.3) is 11.1 Å². The first-order valence-electron chi connectivity index (χ1n) is 16.8. The van der Waals surface area contributed by atoms with Gasteiger partial charge < -0.3 is 14.2 Å². The first-order chi connectivity index (χ1) is 21.0. The lowest BCUT2D eigenvalue weighted by atomic mass is 10.0. The molecule has 0 aliphatic rings. The van der Waals surface area contributed by atoms with Crippen LogP contribution in [0, 0.1) is 0 Å². The van der Waals surface area contributed by atoms with Gasteiger partial charge in [0.25, 0.3) is 0 Å². The Kier molecular flexibility index (Phi) is 15.8. The van der Waals surface area contributed by atoms with Gasteiger partial charge in [0, 0.05) is 6.42 Å². The fourth-order valence-electron chi connectivity index (χ4n) is 5.22. The summed E-state index contributed by atoms with van der Waals surface area (Å²) in [6.07, 6.45) is 15.0. The zero-order valence-corrected chi connectivity index (χ0v) is 27.1. The minimum absolute atomic E-state index is 0.114. The molecule has 43 heavy (non-hydrogen) atoms. The van der Waals surface area contributed by atoms with Gasteiger partial charge in [-0.2, -0.15) is 0 Å². The molecule has 3 rings (SSSR count). The van der Waals surface area contributed by atoms with E-state index in [1.54, 1.807) is 0 Å². The summed E-state index contributed by atoms with van der Waals surface area (Å²) in [6, 6.07) is 24.7. The third-order valence-electron chi connectivity index (χ3n) is 7.99. The molecule has 2 atom stereocenters. The molecular weight excluding hydrogens is 532 g/mol. The highest BCUT2D eigenvalue weighted by atomic mass is 16.5. The Morgan fingerprint density at radius 1 is 0.628 bits per heavy atom. The molecule has 0 spiro atoms. The van der Waals surface area contributed by atoms with Gasteiger partial charge in [0.05, 0.1) is 6.10 Å². The largest absolute Gasteiger partial charge is 0.491 e. The molecule has 0 aliphatic carbocycles. The second kappa shape index (κ2) is 19.8. The van der Waals surface area contributed by atoms with Crippen LogP contribution in [0.1, 0.15) is 128 Å². The van der Waals surface area contributed by atoms with E-state index >= 15 is 0 Å². The summed E-state index contributed by atoms with van der Waals surface area (Å²) in [4.78, 5) is 12.3. The fraction of sp³-hybridized carbons (Fsp3) is 0.513. The summed E-state index contributed by atoms with van der Waals surface area (Å²) in [5.41, 5.74) is 4.42. The second-order valence-electron chi connectivity index (χ2n) is 11.9. The predicted molar refractivity (Wildman–Crippen MR) is 179 cm³/mol. The van der Waals surface area contributed by atoms with E-state index in [4.69, 9.17) is 14.2 Å². The van der Waals surface area contributed by atoms with Crippen molar-refractivity contribution in [3.05, 3.63) is 83.9 Å². The van der Waals surface area contributed by atoms with Crippen LogP contribution in [0.15, 0.2) is 72.8 Å². The summed E-state index contributed by atoms with van der Waals surface area (Å²) in [5, 5.41) is 0. The zero-order chi connectivity index (χ0) is 30.7.